The highest BCUT2D eigenvalue weighted by atomic mass is 15.1. The maximum Gasteiger partial charge on any atom is 0.0116 e. The molecule has 1 atom stereocenters. The van der Waals surface area contributed by atoms with Gasteiger partial charge in [-0.3, -0.25) is 0 Å². The zero-order valence-corrected chi connectivity index (χ0v) is 9.22. The van der Waals surface area contributed by atoms with E-state index < -0.39 is 0 Å². The molecular weight excluding hydrogens is 146 g/mol. The SMILES string of the molecule is CC(C)[C@H]1CCC(C)(C)CN1C. The first-order valence-corrected chi connectivity index (χ1v) is 5.13. The molecule has 0 amide bonds. The van der Waals surface area contributed by atoms with Gasteiger partial charge in [-0.1, -0.05) is 27.7 Å². The van der Waals surface area contributed by atoms with Crippen molar-refractivity contribution in [2.24, 2.45) is 11.3 Å². The van der Waals surface area contributed by atoms with E-state index in [9.17, 15) is 0 Å². The topological polar surface area (TPSA) is 3.24 Å². The monoisotopic (exact) mass is 169 g/mol. The molecule has 0 aliphatic carbocycles. The Bertz CT molecular complexity index is 149. The second-order valence-corrected chi connectivity index (χ2v) is 5.43. The lowest BCUT2D eigenvalue weighted by Gasteiger charge is -2.43. The van der Waals surface area contributed by atoms with E-state index in [4.69, 9.17) is 0 Å². The third-order valence-electron chi connectivity index (χ3n) is 3.13. The molecule has 1 heterocycles. The Hall–Kier alpha value is -0.0400. The van der Waals surface area contributed by atoms with Gasteiger partial charge in [0.1, 0.15) is 0 Å². The van der Waals surface area contributed by atoms with E-state index in [0.29, 0.717) is 5.41 Å². The number of likely N-dealkylation sites (tertiary alicyclic amines) is 1. The maximum atomic E-state index is 2.54. The zero-order valence-electron chi connectivity index (χ0n) is 9.22. The standard InChI is InChI=1S/C11H23N/c1-9(2)10-6-7-11(3,4)8-12(10)5/h9-10H,6-8H2,1-5H3/t10-/m1/s1. The molecule has 0 N–H and O–H groups in total. The normalized spacial score (nSPS) is 31.0. The predicted octanol–water partition coefficient (Wildman–Crippen LogP) is 2.76. The number of hydrogen-bond acceptors (Lipinski definition) is 1. The maximum absolute atomic E-state index is 2.54. The molecular formula is C11H23N. The molecule has 0 saturated carbocycles. The Kier molecular flexibility index (Phi) is 2.82. The van der Waals surface area contributed by atoms with Crippen molar-refractivity contribution in [3.05, 3.63) is 0 Å². The molecule has 0 bridgehead atoms. The highest BCUT2D eigenvalue weighted by Crippen LogP contribution is 2.33. The largest absolute Gasteiger partial charge is 0.303 e. The van der Waals surface area contributed by atoms with Crippen LogP contribution >= 0.6 is 0 Å². The first-order valence-electron chi connectivity index (χ1n) is 5.13. The Morgan fingerprint density at radius 1 is 1.33 bits per heavy atom. The van der Waals surface area contributed by atoms with Gasteiger partial charge in [0, 0.05) is 12.6 Å². The summed E-state index contributed by atoms with van der Waals surface area (Å²) < 4.78 is 0. The van der Waals surface area contributed by atoms with Crippen LogP contribution in [0.25, 0.3) is 0 Å². The van der Waals surface area contributed by atoms with Crippen molar-refractivity contribution >= 4 is 0 Å². The van der Waals surface area contributed by atoms with E-state index in [-0.39, 0.29) is 0 Å². The van der Waals surface area contributed by atoms with Gasteiger partial charge in [0.05, 0.1) is 0 Å². The number of hydrogen-bond donors (Lipinski definition) is 0. The summed E-state index contributed by atoms with van der Waals surface area (Å²) in [5.74, 6) is 0.811. The van der Waals surface area contributed by atoms with Crippen LogP contribution < -0.4 is 0 Å². The Labute approximate surface area is 77.1 Å². The number of rotatable bonds is 1. The number of nitrogens with zero attached hydrogens (tertiary/aromatic N) is 1. The van der Waals surface area contributed by atoms with Crippen molar-refractivity contribution in [3.63, 3.8) is 0 Å². The second kappa shape index (κ2) is 3.37. The van der Waals surface area contributed by atoms with Crippen molar-refractivity contribution in [2.45, 2.75) is 46.6 Å². The molecule has 1 rings (SSSR count). The minimum absolute atomic E-state index is 0.542. The summed E-state index contributed by atoms with van der Waals surface area (Å²) in [7, 11) is 2.27. The summed E-state index contributed by atoms with van der Waals surface area (Å²) in [5, 5.41) is 0. The van der Waals surface area contributed by atoms with Crippen LogP contribution in [-0.2, 0) is 0 Å². The fourth-order valence-electron chi connectivity index (χ4n) is 2.47. The molecule has 0 unspecified atom stereocenters. The van der Waals surface area contributed by atoms with Gasteiger partial charge in [0.25, 0.3) is 0 Å². The molecule has 72 valence electrons. The summed E-state index contributed by atoms with van der Waals surface area (Å²) in [5.41, 5.74) is 0.542. The molecule has 0 aromatic rings. The van der Waals surface area contributed by atoms with Crippen LogP contribution in [0.2, 0.25) is 0 Å². The summed E-state index contributed by atoms with van der Waals surface area (Å²) >= 11 is 0. The molecule has 0 spiro atoms. The molecule has 0 radical (unpaired) electrons. The van der Waals surface area contributed by atoms with E-state index in [1.165, 1.54) is 19.4 Å². The lowest BCUT2D eigenvalue weighted by molar-refractivity contribution is 0.0629. The van der Waals surface area contributed by atoms with E-state index in [0.717, 1.165) is 12.0 Å². The van der Waals surface area contributed by atoms with Gasteiger partial charge in [-0.25, -0.2) is 0 Å². The molecule has 12 heavy (non-hydrogen) atoms. The Morgan fingerprint density at radius 3 is 2.33 bits per heavy atom. The van der Waals surface area contributed by atoms with Crippen molar-refractivity contribution in [1.29, 1.82) is 0 Å². The van der Waals surface area contributed by atoms with E-state index >= 15 is 0 Å². The van der Waals surface area contributed by atoms with Crippen LogP contribution in [0.15, 0.2) is 0 Å². The average Bonchev–Trinajstić information content (AvgIpc) is 1.83. The van der Waals surface area contributed by atoms with Gasteiger partial charge in [-0.15, -0.1) is 0 Å². The van der Waals surface area contributed by atoms with E-state index in [2.05, 4.69) is 39.6 Å². The summed E-state index contributed by atoms with van der Waals surface area (Å²) in [6.07, 6.45) is 2.77. The predicted molar refractivity (Wildman–Crippen MR) is 54.3 cm³/mol. The van der Waals surface area contributed by atoms with Crippen LogP contribution in [0.1, 0.15) is 40.5 Å². The summed E-state index contributed by atoms with van der Waals surface area (Å²) in [6.45, 7) is 10.7. The smallest absolute Gasteiger partial charge is 0.0116 e. The van der Waals surface area contributed by atoms with Gasteiger partial charge in [-0.2, -0.15) is 0 Å². The van der Waals surface area contributed by atoms with E-state index in [1.807, 2.05) is 0 Å². The first-order chi connectivity index (χ1) is 5.42. The second-order valence-electron chi connectivity index (χ2n) is 5.43. The van der Waals surface area contributed by atoms with Crippen molar-refractivity contribution in [1.82, 2.24) is 4.90 Å². The molecule has 0 aromatic carbocycles. The minimum Gasteiger partial charge on any atom is -0.303 e. The summed E-state index contributed by atoms with van der Waals surface area (Å²) in [6, 6.07) is 0.818. The zero-order chi connectivity index (χ0) is 9.35. The molecule has 1 aliphatic heterocycles. The van der Waals surface area contributed by atoms with Gasteiger partial charge in [0.2, 0.25) is 0 Å². The van der Waals surface area contributed by atoms with Crippen molar-refractivity contribution in [3.8, 4) is 0 Å². The van der Waals surface area contributed by atoms with E-state index in [1.54, 1.807) is 0 Å². The number of piperidine rings is 1. The van der Waals surface area contributed by atoms with Crippen LogP contribution in [0, 0.1) is 11.3 Å². The van der Waals surface area contributed by atoms with Gasteiger partial charge in [0.15, 0.2) is 0 Å². The third-order valence-corrected chi connectivity index (χ3v) is 3.13. The molecule has 1 fully saturated rings. The molecule has 1 nitrogen and oxygen atoms in total. The highest BCUT2D eigenvalue weighted by molar-refractivity contribution is 4.85. The highest BCUT2D eigenvalue weighted by Gasteiger charge is 2.31. The molecule has 1 heteroatoms. The molecule has 1 saturated heterocycles. The fourth-order valence-corrected chi connectivity index (χ4v) is 2.47. The van der Waals surface area contributed by atoms with Gasteiger partial charge < -0.3 is 4.90 Å². The minimum atomic E-state index is 0.542. The van der Waals surface area contributed by atoms with Crippen molar-refractivity contribution in [2.75, 3.05) is 13.6 Å². The Balaban J connectivity index is 2.54. The fraction of sp³-hybridized carbons (Fsp3) is 1.00. The third kappa shape index (κ3) is 2.22. The molecule has 0 aromatic heterocycles. The summed E-state index contributed by atoms with van der Waals surface area (Å²) in [4.78, 5) is 2.54. The lowest BCUT2D eigenvalue weighted by atomic mass is 9.79. The van der Waals surface area contributed by atoms with Gasteiger partial charge in [-0.05, 0) is 31.2 Å². The van der Waals surface area contributed by atoms with Crippen LogP contribution in [0.4, 0.5) is 0 Å². The average molecular weight is 169 g/mol. The van der Waals surface area contributed by atoms with Gasteiger partial charge >= 0.3 is 0 Å². The van der Waals surface area contributed by atoms with Crippen molar-refractivity contribution < 1.29 is 0 Å². The first kappa shape index (κ1) is 10.0. The van der Waals surface area contributed by atoms with Crippen LogP contribution in [-0.4, -0.2) is 24.5 Å². The molecule has 1 aliphatic rings. The quantitative estimate of drug-likeness (QED) is 0.583. The van der Waals surface area contributed by atoms with Crippen LogP contribution in [0.3, 0.4) is 0 Å². The Morgan fingerprint density at radius 2 is 1.92 bits per heavy atom. The van der Waals surface area contributed by atoms with Crippen LogP contribution in [0.5, 0.6) is 0 Å². The lowest BCUT2D eigenvalue weighted by Crippen LogP contribution is -2.46.